The summed E-state index contributed by atoms with van der Waals surface area (Å²) >= 11 is 0. The number of hydrogen-bond donors (Lipinski definition) is 3. The molecule has 4 nitrogen and oxygen atoms in total. The Bertz CT molecular complexity index is 625. The highest BCUT2D eigenvalue weighted by Crippen LogP contribution is 2.33. The summed E-state index contributed by atoms with van der Waals surface area (Å²) < 4.78 is 5.64. The van der Waals surface area contributed by atoms with Crippen LogP contribution in [0.1, 0.15) is 31.0 Å². The van der Waals surface area contributed by atoms with Crippen LogP contribution in [0.15, 0.2) is 36.4 Å². The molecule has 0 aliphatic rings. The molecule has 2 rings (SSSR count). The van der Waals surface area contributed by atoms with Crippen molar-refractivity contribution in [2.75, 3.05) is 11.9 Å². The zero-order valence-electron chi connectivity index (χ0n) is 12.6. The molecule has 0 saturated heterocycles. The van der Waals surface area contributed by atoms with Gasteiger partial charge in [0.05, 0.1) is 18.3 Å². The van der Waals surface area contributed by atoms with Crippen molar-refractivity contribution in [3.63, 3.8) is 0 Å². The Hall–Kier alpha value is -2.36. The summed E-state index contributed by atoms with van der Waals surface area (Å²) in [7, 11) is 0. The molecule has 1 atom stereocenters. The highest BCUT2D eigenvalue weighted by Gasteiger charge is 2.13. The number of aromatic hydroxyl groups is 2. The molecule has 3 N–H and O–H groups in total. The standard InChI is InChI=1S/C17H21NO3/c1-4-21-17-9-11(2)5-8-15(17)18-12(3)14-7-6-13(19)10-16(14)20/h5-10,12,18-20H,4H2,1-3H3. The van der Waals surface area contributed by atoms with Gasteiger partial charge >= 0.3 is 0 Å². The van der Waals surface area contributed by atoms with Gasteiger partial charge in [-0.15, -0.1) is 0 Å². The summed E-state index contributed by atoms with van der Waals surface area (Å²) in [6, 6.07) is 10.4. The van der Waals surface area contributed by atoms with Gasteiger partial charge in [0.1, 0.15) is 17.2 Å². The Morgan fingerprint density at radius 3 is 2.57 bits per heavy atom. The van der Waals surface area contributed by atoms with Crippen LogP contribution in [0, 0.1) is 6.92 Å². The lowest BCUT2D eigenvalue weighted by Crippen LogP contribution is -2.08. The van der Waals surface area contributed by atoms with Crippen molar-refractivity contribution in [2.45, 2.75) is 26.8 Å². The monoisotopic (exact) mass is 287 g/mol. The van der Waals surface area contributed by atoms with E-state index in [4.69, 9.17) is 4.74 Å². The fourth-order valence-corrected chi connectivity index (χ4v) is 2.23. The molecular weight excluding hydrogens is 266 g/mol. The molecule has 0 spiro atoms. The lowest BCUT2D eigenvalue weighted by Gasteiger charge is -2.19. The molecule has 4 heteroatoms. The fourth-order valence-electron chi connectivity index (χ4n) is 2.23. The van der Waals surface area contributed by atoms with Crippen LogP contribution in [0.2, 0.25) is 0 Å². The van der Waals surface area contributed by atoms with Gasteiger partial charge in [0, 0.05) is 11.6 Å². The molecule has 0 amide bonds. The third kappa shape index (κ3) is 3.60. The quantitative estimate of drug-likeness (QED) is 0.778. The molecule has 2 aromatic carbocycles. The SMILES string of the molecule is CCOc1cc(C)ccc1NC(C)c1ccc(O)cc1O. The second-order valence-corrected chi connectivity index (χ2v) is 5.04. The predicted molar refractivity (Wildman–Crippen MR) is 84.2 cm³/mol. The molecule has 0 aliphatic heterocycles. The van der Waals surface area contributed by atoms with Gasteiger partial charge in [0.2, 0.25) is 0 Å². The van der Waals surface area contributed by atoms with Crippen LogP contribution in [-0.2, 0) is 0 Å². The molecule has 2 aromatic rings. The average molecular weight is 287 g/mol. The Balaban J connectivity index is 2.24. The van der Waals surface area contributed by atoms with E-state index < -0.39 is 0 Å². The van der Waals surface area contributed by atoms with Crippen LogP contribution in [0.4, 0.5) is 5.69 Å². The minimum atomic E-state index is -0.118. The first-order valence-corrected chi connectivity index (χ1v) is 7.03. The van der Waals surface area contributed by atoms with Crippen molar-refractivity contribution in [2.24, 2.45) is 0 Å². The van der Waals surface area contributed by atoms with Gasteiger partial charge < -0.3 is 20.3 Å². The zero-order chi connectivity index (χ0) is 15.4. The van der Waals surface area contributed by atoms with Crippen molar-refractivity contribution in [1.82, 2.24) is 0 Å². The molecule has 0 saturated carbocycles. The van der Waals surface area contributed by atoms with Gasteiger partial charge in [0.15, 0.2) is 0 Å². The summed E-state index contributed by atoms with van der Waals surface area (Å²) in [4.78, 5) is 0. The van der Waals surface area contributed by atoms with E-state index in [1.54, 1.807) is 12.1 Å². The van der Waals surface area contributed by atoms with E-state index in [2.05, 4.69) is 5.32 Å². The first-order chi connectivity index (χ1) is 10.0. The molecule has 0 aromatic heterocycles. The molecule has 0 aliphatic carbocycles. The predicted octanol–water partition coefficient (Wildman–Crippen LogP) is 3.98. The van der Waals surface area contributed by atoms with Crippen molar-refractivity contribution < 1.29 is 14.9 Å². The molecule has 112 valence electrons. The normalized spacial score (nSPS) is 12.0. The fraction of sp³-hybridized carbons (Fsp3) is 0.294. The molecular formula is C17H21NO3. The molecule has 0 fully saturated rings. The van der Waals surface area contributed by atoms with Crippen molar-refractivity contribution >= 4 is 5.69 Å². The summed E-state index contributed by atoms with van der Waals surface area (Å²) in [5.74, 6) is 0.913. The van der Waals surface area contributed by atoms with Gasteiger partial charge in [-0.25, -0.2) is 0 Å². The minimum absolute atomic E-state index is 0.0498. The van der Waals surface area contributed by atoms with Gasteiger partial charge in [-0.2, -0.15) is 0 Å². The van der Waals surface area contributed by atoms with E-state index in [0.29, 0.717) is 6.61 Å². The summed E-state index contributed by atoms with van der Waals surface area (Å²) in [6.07, 6.45) is 0. The second-order valence-electron chi connectivity index (χ2n) is 5.04. The van der Waals surface area contributed by atoms with Gasteiger partial charge in [-0.05, 0) is 50.6 Å². The van der Waals surface area contributed by atoms with Gasteiger partial charge in [0.25, 0.3) is 0 Å². The van der Waals surface area contributed by atoms with Crippen LogP contribution in [-0.4, -0.2) is 16.8 Å². The van der Waals surface area contributed by atoms with E-state index >= 15 is 0 Å². The van der Waals surface area contributed by atoms with Crippen molar-refractivity contribution in [3.8, 4) is 17.2 Å². The topological polar surface area (TPSA) is 61.7 Å². The summed E-state index contributed by atoms with van der Waals surface area (Å²) in [5.41, 5.74) is 2.72. The number of benzene rings is 2. The third-order valence-electron chi connectivity index (χ3n) is 3.29. The largest absolute Gasteiger partial charge is 0.508 e. The number of ether oxygens (including phenoxy) is 1. The van der Waals surface area contributed by atoms with Crippen LogP contribution >= 0.6 is 0 Å². The van der Waals surface area contributed by atoms with Crippen LogP contribution < -0.4 is 10.1 Å². The first kappa shape index (κ1) is 15.0. The maximum absolute atomic E-state index is 9.93. The number of aryl methyl sites for hydroxylation is 1. The molecule has 0 heterocycles. The van der Waals surface area contributed by atoms with Gasteiger partial charge in [-0.1, -0.05) is 6.07 Å². The first-order valence-electron chi connectivity index (χ1n) is 7.03. The molecule has 1 unspecified atom stereocenters. The highest BCUT2D eigenvalue weighted by atomic mass is 16.5. The van der Waals surface area contributed by atoms with Gasteiger partial charge in [-0.3, -0.25) is 0 Å². The molecule has 21 heavy (non-hydrogen) atoms. The Morgan fingerprint density at radius 2 is 1.90 bits per heavy atom. The number of phenolic OH excluding ortho intramolecular Hbond substituents is 2. The van der Waals surface area contributed by atoms with E-state index in [-0.39, 0.29) is 17.5 Å². The van der Waals surface area contributed by atoms with Crippen molar-refractivity contribution in [1.29, 1.82) is 0 Å². The number of hydrogen-bond acceptors (Lipinski definition) is 4. The number of phenols is 2. The van der Waals surface area contributed by atoms with Crippen molar-refractivity contribution in [3.05, 3.63) is 47.5 Å². The van der Waals surface area contributed by atoms with E-state index in [0.717, 1.165) is 22.6 Å². The van der Waals surface area contributed by atoms with E-state index in [9.17, 15) is 10.2 Å². The average Bonchev–Trinajstić information content (AvgIpc) is 2.42. The molecule has 0 bridgehead atoms. The lowest BCUT2D eigenvalue weighted by atomic mass is 10.1. The summed E-state index contributed by atoms with van der Waals surface area (Å²) in [6.45, 7) is 6.50. The highest BCUT2D eigenvalue weighted by molar-refractivity contribution is 5.59. The summed E-state index contributed by atoms with van der Waals surface area (Å²) in [5, 5.41) is 22.6. The van der Waals surface area contributed by atoms with Crippen LogP contribution in [0.3, 0.4) is 0 Å². The van der Waals surface area contributed by atoms with Crippen LogP contribution in [0.25, 0.3) is 0 Å². The van der Waals surface area contributed by atoms with E-state index in [1.165, 1.54) is 6.07 Å². The third-order valence-corrected chi connectivity index (χ3v) is 3.29. The van der Waals surface area contributed by atoms with E-state index in [1.807, 2.05) is 39.0 Å². The Morgan fingerprint density at radius 1 is 1.14 bits per heavy atom. The Labute approximate surface area is 125 Å². The van der Waals surface area contributed by atoms with Crippen LogP contribution in [0.5, 0.6) is 17.2 Å². The molecule has 0 radical (unpaired) electrons. The Kier molecular flexibility index (Phi) is 4.58. The smallest absolute Gasteiger partial charge is 0.142 e. The number of nitrogens with one attached hydrogen (secondary N) is 1. The second kappa shape index (κ2) is 6.39. The lowest BCUT2D eigenvalue weighted by molar-refractivity contribution is 0.341. The number of rotatable bonds is 5. The minimum Gasteiger partial charge on any atom is -0.508 e. The maximum atomic E-state index is 9.93. The zero-order valence-corrected chi connectivity index (χ0v) is 12.6. The maximum Gasteiger partial charge on any atom is 0.142 e. The number of anilines is 1.